The van der Waals surface area contributed by atoms with Gasteiger partial charge >= 0.3 is 0 Å². The molecule has 1 saturated heterocycles. The summed E-state index contributed by atoms with van der Waals surface area (Å²) in [4.78, 5) is 18.4. The number of nitrogens with zero attached hydrogens (tertiary/aromatic N) is 2. The molecule has 1 N–H and O–H groups in total. The molecular weight excluding hydrogens is 306 g/mol. The Bertz CT molecular complexity index is 710. The van der Waals surface area contributed by atoms with Crippen LogP contribution in [0.5, 0.6) is 5.75 Å². The average Bonchev–Trinajstić information content (AvgIpc) is 2.63. The van der Waals surface area contributed by atoms with E-state index in [4.69, 9.17) is 9.47 Å². The van der Waals surface area contributed by atoms with E-state index in [9.17, 15) is 4.79 Å². The topological polar surface area (TPSA) is 63.7 Å². The molecule has 0 saturated carbocycles. The van der Waals surface area contributed by atoms with Crippen LogP contribution in [0, 0.1) is 6.92 Å². The zero-order chi connectivity index (χ0) is 16.9. The van der Waals surface area contributed by atoms with Crippen LogP contribution < -0.4 is 10.1 Å². The molecule has 1 fully saturated rings. The van der Waals surface area contributed by atoms with Gasteiger partial charge in [-0.3, -0.25) is 4.79 Å². The van der Waals surface area contributed by atoms with Crippen LogP contribution in [-0.4, -0.2) is 49.2 Å². The van der Waals surface area contributed by atoms with Gasteiger partial charge in [-0.1, -0.05) is 6.07 Å². The molecule has 0 radical (unpaired) electrons. The Kier molecular flexibility index (Phi) is 4.96. The van der Waals surface area contributed by atoms with Gasteiger partial charge in [0.2, 0.25) is 0 Å². The third-order valence-electron chi connectivity index (χ3n) is 3.91. The molecule has 126 valence electrons. The highest BCUT2D eigenvalue weighted by Crippen LogP contribution is 2.28. The van der Waals surface area contributed by atoms with E-state index < -0.39 is 0 Å². The summed E-state index contributed by atoms with van der Waals surface area (Å²) in [6.45, 7) is 4.41. The van der Waals surface area contributed by atoms with Gasteiger partial charge < -0.3 is 19.7 Å². The van der Waals surface area contributed by atoms with Crippen LogP contribution in [0.2, 0.25) is 0 Å². The minimum Gasteiger partial charge on any atom is -0.495 e. The SMILES string of the molecule is COc1ccc(C)cc1Nc1ccc(C(=O)N2CCOCC2)nc1. The molecule has 0 bridgehead atoms. The summed E-state index contributed by atoms with van der Waals surface area (Å²) in [6.07, 6.45) is 1.66. The molecule has 1 aromatic carbocycles. The van der Waals surface area contributed by atoms with Gasteiger partial charge in [0, 0.05) is 13.1 Å². The molecule has 24 heavy (non-hydrogen) atoms. The van der Waals surface area contributed by atoms with Crippen LogP contribution in [0.25, 0.3) is 0 Å². The minimum absolute atomic E-state index is 0.0574. The number of aryl methyl sites for hydroxylation is 1. The normalized spacial score (nSPS) is 14.3. The van der Waals surface area contributed by atoms with Crippen molar-refractivity contribution in [2.45, 2.75) is 6.92 Å². The van der Waals surface area contributed by atoms with E-state index in [1.807, 2.05) is 31.2 Å². The molecule has 1 aliphatic rings. The zero-order valence-corrected chi connectivity index (χ0v) is 13.9. The van der Waals surface area contributed by atoms with Crippen LogP contribution in [0.1, 0.15) is 16.1 Å². The lowest BCUT2D eigenvalue weighted by Crippen LogP contribution is -2.41. The molecule has 6 nitrogen and oxygen atoms in total. The summed E-state index contributed by atoms with van der Waals surface area (Å²) >= 11 is 0. The second kappa shape index (κ2) is 7.31. The Balaban J connectivity index is 1.73. The summed E-state index contributed by atoms with van der Waals surface area (Å²) in [6, 6.07) is 9.50. The molecule has 1 amide bonds. The third-order valence-corrected chi connectivity index (χ3v) is 3.91. The van der Waals surface area contributed by atoms with E-state index in [1.165, 1.54) is 0 Å². The lowest BCUT2D eigenvalue weighted by molar-refractivity contribution is 0.0299. The van der Waals surface area contributed by atoms with Crippen molar-refractivity contribution in [1.82, 2.24) is 9.88 Å². The van der Waals surface area contributed by atoms with E-state index in [0.717, 1.165) is 22.7 Å². The molecule has 0 unspecified atom stereocenters. The first-order valence-electron chi connectivity index (χ1n) is 7.92. The predicted octanol–water partition coefficient (Wildman–Crippen LogP) is 2.61. The van der Waals surface area contributed by atoms with Crippen molar-refractivity contribution in [1.29, 1.82) is 0 Å². The number of ether oxygens (including phenoxy) is 2. The third kappa shape index (κ3) is 3.65. The van der Waals surface area contributed by atoms with Crippen LogP contribution in [-0.2, 0) is 4.74 Å². The fourth-order valence-corrected chi connectivity index (χ4v) is 2.60. The summed E-state index contributed by atoms with van der Waals surface area (Å²) < 4.78 is 10.6. The first kappa shape index (κ1) is 16.3. The number of hydrogen-bond donors (Lipinski definition) is 1. The van der Waals surface area contributed by atoms with Crippen LogP contribution >= 0.6 is 0 Å². The van der Waals surface area contributed by atoms with E-state index >= 15 is 0 Å². The van der Waals surface area contributed by atoms with Crippen molar-refractivity contribution in [2.75, 3.05) is 38.7 Å². The number of anilines is 2. The zero-order valence-electron chi connectivity index (χ0n) is 13.9. The van der Waals surface area contributed by atoms with Crippen molar-refractivity contribution in [2.24, 2.45) is 0 Å². The maximum atomic E-state index is 12.4. The van der Waals surface area contributed by atoms with Crippen molar-refractivity contribution in [3.05, 3.63) is 47.8 Å². The number of methoxy groups -OCH3 is 1. The fraction of sp³-hybridized carbons (Fsp3) is 0.333. The molecule has 0 spiro atoms. The van der Waals surface area contributed by atoms with Crippen LogP contribution in [0.15, 0.2) is 36.5 Å². The monoisotopic (exact) mass is 327 g/mol. The predicted molar refractivity (Wildman–Crippen MR) is 92.0 cm³/mol. The van der Waals surface area contributed by atoms with E-state index in [1.54, 1.807) is 24.3 Å². The number of pyridine rings is 1. The summed E-state index contributed by atoms with van der Waals surface area (Å²) in [5.41, 5.74) is 3.24. The molecular formula is C18H21N3O3. The van der Waals surface area contributed by atoms with Gasteiger partial charge in [-0.05, 0) is 36.8 Å². The number of benzene rings is 1. The number of carbonyl (C=O) groups is 1. The molecule has 1 aliphatic heterocycles. The largest absolute Gasteiger partial charge is 0.495 e. The molecule has 0 aliphatic carbocycles. The van der Waals surface area contributed by atoms with Crippen molar-refractivity contribution >= 4 is 17.3 Å². The summed E-state index contributed by atoms with van der Waals surface area (Å²) in [5, 5.41) is 3.28. The van der Waals surface area contributed by atoms with Crippen molar-refractivity contribution < 1.29 is 14.3 Å². The highest BCUT2D eigenvalue weighted by Gasteiger charge is 2.19. The molecule has 0 atom stereocenters. The summed E-state index contributed by atoms with van der Waals surface area (Å²) in [7, 11) is 1.64. The Labute approximate surface area is 141 Å². The summed E-state index contributed by atoms with van der Waals surface area (Å²) in [5.74, 6) is 0.701. The van der Waals surface area contributed by atoms with Crippen LogP contribution in [0.3, 0.4) is 0 Å². The van der Waals surface area contributed by atoms with Gasteiger partial charge in [-0.15, -0.1) is 0 Å². The van der Waals surface area contributed by atoms with Crippen molar-refractivity contribution in [3.8, 4) is 5.75 Å². The van der Waals surface area contributed by atoms with Gasteiger partial charge in [0.05, 0.1) is 37.9 Å². The second-order valence-corrected chi connectivity index (χ2v) is 5.67. The Morgan fingerprint density at radius 3 is 2.71 bits per heavy atom. The first-order chi connectivity index (χ1) is 11.7. The highest BCUT2D eigenvalue weighted by molar-refractivity contribution is 5.92. The van der Waals surface area contributed by atoms with Gasteiger partial charge in [-0.25, -0.2) is 4.98 Å². The number of morpholine rings is 1. The lowest BCUT2D eigenvalue weighted by Gasteiger charge is -2.26. The molecule has 3 rings (SSSR count). The smallest absolute Gasteiger partial charge is 0.272 e. The molecule has 2 aromatic rings. The van der Waals surface area contributed by atoms with Crippen molar-refractivity contribution in [3.63, 3.8) is 0 Å². The van der Waals surface area contributed by atoms with Gasteiger partial charge in [0.1, 0.15) is 11.4 Å². The minimum atomic E-state index is -0.0574. The maximum Gasteiger partial charge on any atom is 0.272 e. The molecule has 6 heteroatoms. The Morgan fingerprint density at radius 1 is 1.25 bits per heavy atom. The number of amides is 1. The standard InChI is InChI=1S/C18H21N3O3/c1-13-3-6-17(23-2)16(11-13)20-14-4-5-15(19-12-14)18(22)21-7-9-24-10-8-21/h3-6,11-12,20H,7-10H2,1-2H3. The average molecular weight is 327 g/mol. The number of hydrogen-bond acceptors (Lipinski definition) is 5. The number of carbonyl (C=O) groups excluding carboxylic acids is 1. The van der Waals surface area contributed by atoms with E-state index in [-0.39, 0.29) is 5.91 Å². The first-order valence-corrected chi connectivity index (χ1v) is 7.92. The van der Waals surface area contributed by atoms with Gasteiger partial charge in [0.25, 0.3) is 5.91 Å². The quantitative estimate of drug-likeness (QED) is 0.935. The van der Waals surface area contributed by atoms with Crippen LogP contribution in [0.4, 0.5) is 11.4 Å². The highest BCUT2D eigenvalue weighted by atomic mass is 16.5. The maximum absolute atomic E-state index is 12.4. The Hall–Kier alpha value is -2.60. The van der Waals surface area contributed by atoms with E-state index in [0.29, 0.717) is 32.0 Å². The lowest BCUT2D eigenvalue weighted by atomic mass is 10.2. The number of nitrogens with one attached hydrogen (secondary N) is 1. The van der Waals surface area contributed by atoms with E-state index in [2.05, 4.69) is 10.3 Å². The number of aromatic nitrogens is 1. The van der Waals surface area contributed by atoms with Gasteiger partial charge in [0.15, 0.2) is 0 Å². The molecule has 2 heterocycles. The Morgan fingerprint density at radius 2 is 2.04 bits per heavy atom. The molecule has 1 aromatic heterocycles. The fourth-order valence-electron chi connectivity index (χ4n) is 2.60. The number of rotatable bonds is 4. The van der Waals surface area contributed by atoms with Gasteiger partial charge in [-0.2, -0.15) is 0 Å². The second-order valence-electron chi connectivity index (χ2n) is 5.67.